The maximum absolute atomic E-state index is 13.9. The fourth-order valence-electron chi connectivity index (χ4n) is 9.14. The molecule has 1 unspecified atom stereocenters. The van der Waals surface area contributed by atoms with Gasteiger partial charge in [-0.2, -0.15) is 0 Å². The van der Waals surface area contributed by atoms with Crippen molar-refractivity contribution >= 4 is 22.8 Å². The van der Waals surface area contributed by atoms with Crippen LogP contribution in [-0.2, 0) is 92.5 Å². The van der Waals surface area contributed by atoms with Crippen LogP contribution in [-0.4, -0.2) is 119 Å². The van der Waals surface area contributed by atoms with Crippen molar-refractivity contribution in [3.63, 3.8) is 0 Å². The average molecular weight is 971 g/mol. The molecule has 19 heteroatoms. The number of ether oxygens (including phenoxy) is 8. The number of esters is 2. The zero-order valence-electron chi connectivity index (χ0n) is 41.7. The third-order valence-corrected chi connectivity index (χ3v) is 13.8. The van der Waals surface area contributed by atoms with Crippen LogP contribution in [0.25, 0.3) is 22.3 Å². The van der Waals surface area contributed by atoms with Crippen LogP contribution in [0.2, 0.25) is 0 Å². The molecule has 0 radical (unpaired) electrons. The largest absolute Gasteiger partial charge is 0.457 e. The maximum Gasteiger partial charge on any atom is 0.355 e. The molecule has 70 heavy (non-hydrogen) atoms. The van der Waals surface area contributed by atoms with E-state index < -0.39 is 17.5 Å². The van der Waals surface area contributed by atoms with Gasteiger partial charge in [0.2, 0.25) is 5.60 Å². The fraction of sp³-hybridized carbons (Fsp3) is 0.608. The Bertz CT molecular complexity index is 2570. The Morgan fingerprint density at radius 1 is 0.757 bits per heavy atom. The first-order chi connectivity index (χ1) is 34.0. The molecule has 0 spiro atoms. The Labute approximate surface area is 409 Å². The van der Waals surface area contributed by atoms with E-state index in [-0.39, 0.29) is 35.8 Å². The lowest BCUT2D eigenvalue weighted by atomic mass is 9.83. The number of unbranched alkanes of at least 4 members (excludes halogenated alkanes) is 2. The first kappa shape index (κ1) is 52.4. The first-order valence-electron chi connectivity index (χ1n) is 24.7. The van der Waals surface area contributed by atoms with Crippen LogP contribution in [0.3, 0.4) is 0 Å². The second kappa shape index (κ2) is 24.6. The molecule has 0 N–H and O–H groups in total. The number of aromatic nitrogens is 8. The molecule has 380 valence electrons. The van der Waals surface area contributed by atoms with Crippen molar-refractivity contribution in [2.75, 3.05) is 67.1 Å². The summed E-state index contributed by atoms with van der Waals surface area (Å²) in [6.45, 7) is 14.3. The molecule has 0 bridgehead atoms. The highest BCUT2D eigenvalue weighted by Crippen LogP contribution is 2.41. The minimum atomic E-state index is -1.73. The molecule has 5 aromatic rings. The summed E-state index contributed by atoms with van der Waals surface area (Å²) in [7, 11) is 3.35. The van der Waals surface area contributed by atoms with Gasteiger partial charge in [0, 0.05) is 54.5 Å². The van der Waals surface area contributed by atoms with Gasteiger partial charge in [0.25, 0.3) is 5.56 Å². The predicted octanol–water partition coefficient (Wildman–Crippen LogP) is 6.34. The summed E-state index contributed by atoms with van der Waals surface area (Å²) in [5.74, 6) is -1.21. The Kier molecular flexibility index (Phi) is 18.4. The number of fused-ring (bicyclic) bond motifs is 5. The van der Waals surface area contributed by atoms with Crippen molar-refractivity contribution in [3.05, 3.63) is 87.2 Å². The smallest absolute Gasteiger partial charge is 0.355 e. The van der Waals surface area contributed by atoms with Crippen molar-refractivity contribution in [3.8, 4) is 11.4 Å². The van der Waals surface area contributed by atoms with Crippen LogP contribution in [0, 0.1) is 10.8 Å². The van der Waals surface area contributed by atoms with E-state index in [9.17, 15) is 14.4 Å². The number of rotatable bonds is 31. The van der Waals surface area contributed by atoms with Crippen molar-refractivity contribution < 1.29 is 47.5 Å². The summed E-state index contributed by atoms with van der Waals surface area (Å²) in [5.41, 5.74) is 2.63. The Balaban J connectivity index is 0.837. The molecule has 4 aromatic heterocycles. The van der Waals surface area contributed by atoms with Crippen LogP contribution < -0.4 is 5.56 Å². The number of carbonyl (C=O) groups excluding carboxylic acids is 2. The van der Waals surface area contributed by atoms with E-state index in [4.69, 9.17) is 42.9 Å². The number of methoxy groups -OCH3 is 2. The van der Waals surface area contributed by atoms with Gasteiger partial charge in [-0.1, -0.05) is 62.7 Å². The zero-order chi connectivity index (χ0) is 49.6. The van der Waals surface area contributed by atoms with Gasteiger partial charge >= 0.3 is 11.9 Å². The predicted molar refractivity (Wildman–Crippen MR) is 257 cm³/mol. The molecular formula is C51H70N8O11. The van der Waals surface area contributed by atoms with E-state index in [0.717, 1.165) is 53.5 Å². The number of hydrogen-bond acceptors (Lipinski definition) is 16. The van der Waals surface area contributed by atoms with Crippen LogP contribution in [0.1, 0.15) is 107 Å². The molecule has 2 aliphatic heterocycles. The van der Waals surface area contributed by atoms with E-state index in [0.29, 0.717) is 121 Å². The Morgan fingerprint density at radius 2 is 1.44 bits per heavy atom. The van der Waals surface area contributed by atoms with Crippen LogP contribution in [0.15, 0.2) is 53.6 Å². The molecule has 0 aliphatic carbocycles. The van der Waals surface area contributed by atoms with E-state index in [1.165, 1.54) is 0 Å². The van der Waals surface area contributed by atoms with Gasteiger partial charge in [-0.3, -0.25) is 14.3 Å². The summed E-state index contributed by atoms with van der Waals surface area (Å²) in [6, 6.07) is 11.6. The third kappa shape index (κ3) is 12.3. The zero-order valence-corrected chi connectivity index (χ0v) is 41.7. The number of para-hydroxylation sites is 1. The van der Waals surface area contributed by atoms with Gasteiger partial charge in [0.1, 0.15) is 18.0 Å². The van der Waals surface area contributed by atoms with Gasteiger partial charge < -0.3 is 42.5 Å². The van der Waals surface area contributed by atoms with E-state index in [1.54, 1.807) is 41.1 Å². The average Bonchev–Trinajstić information content (AvgIpc) is 4.12. The second-order valence-corrected chi connectivity index (χ2v) is 18.6. The van der Waals surface area contributed by atoms with E-state index in [1.807, 2.05) is 42.7 Å². The molecule has 0 amide bonds. The van der Waals surface area contributed by atoms with Gasteiger partial charge in [-0.05, 0) is 56.7 Å². The van der Waals surface area contributed by atoms with Gasteiger partial charge in [0.15, 0.2) is 0 Å². The van der Waals surface area contributed by atoms with Crippen LogP contribution in [0.4, 0.5) is 0 Å². The first-order valence-corrected chi connectivity index (χ1v) is 24.7. The van der Waals surface area contributed by atoms with E-state index >= 15 is 0 Å². The number of cyclic esters (lactones) is 1. The van der Waals surface area contributed by atoms with Crippen LogP contribution >= 0.6 is 0 Å². The van der Waals surface area contributed by atoms with Crippen LogP contribution in [0.5, 0.6) is 0 Å². The molecule has 2 atom stereocenters. The molecule has 19 nitrogen and oxygen atoms in total. The number of carbonyl (C=O) groups is 2. The summed E-state index contributed by atoms with van der Waals surface area (Å²) < 4.78 is 51.8. The Morgan fingerprint density at radius 3 is 2.14 bits per heavy atom. The topological polar surface area (TPSA) is 204 Å². The number of pyridine rings is 2. The number of nitrogens with zero attached hydrogens (tertiary/aromatic N) is 8. The summed E-state index contributed by atoms with van der Waals surface area (Å²) in [6.07, 6.45) is 8.53. The molecule has 6 heterocycles. The summed E-state index contributed by atoms with van der Waals surface area (Å²) in [4.78, 5) is 45.7. The van der Waals surface area contributed by atoms with Gasteiger partial charge in [-0.25, -0.2) is 14.5 Å². The fourth-order valence-corrected chi connectivity index (χ4v) is 9.14. The molecule has 0 saturated heterocycles. The lowest BCUT2D eigenvalue weighted by Gasteiger charge is -2.35. The highest BCUT2D eigenvalue weighted by molar-refractivity contribution is 5.88. The maximum atomic E-state index is 13.9. The SMILES string of the molecule is CCC(CC)(COCc1cn(CCCCCC(=O)O[C@]2(CC)C(=O)OCc3c2cc2n(c3=O)Cc3cc4ccccc4nc3-2)nn1)COCC(CC)(COC)COCc1cn(CCOCCOC)nn1. The minimum absolute atomic E-state index is 0.0967. The normalized spacial score (nSPS) is 16.2. The quantitative estimate of drug-likeness (QED) is 0.0345. The lowest BCUT2D eigenvalue weighted by molar-refractivity contribution is -0.189. The molecule has 0 fully saturated rings. The molecular weight excluding hydrogens is 901 g/mol. The molecule has 1 aromatic carbocycles. The minimum Gasteiger partial charge on any atom is -0.457 e. The van der Waals surface area contributed by atoms with Crippen molar-refractivity contribution in [1.82, 2.24) is 39.5 Å². The number of hydrogen-bond donors (Lipinski definition) is 0. The Hall–Kier alpha value is -5.44. The summed E-state index contributed by atoms with van der Waals surface area (Å²) >= 11 is 0. The number of aryl methyl sites for hydroxylation is 1. The summed E-state index contributed by atoms with van der Waals surface area (Å²) in [5, 5.41) is 18.1. The lowest BCUT2D eigenvalue weighted by Crippen LogP contribution is -2.47. The van der Waals surface area contributed by atoms with Gasteiger partial charge in [0.05, 0.1) is 114 Å². The second-order valence-electron chi connectivity index (χ2n) is 18.6. The third-order valence-electron chi connectivity index (χ3n) is 13.8. The highest BCUT2D eigenvalue weighted by atomic mass is 16.6. The monoisotopic (exact) mass is 971 g/mol. The number of benzene rings is 1. The van der Waals surface area contributed by atoms with Gasteiger partial charge in [-0.15, -0.1) is 10.2 Å². The molecule has 2 aliphatic rings. The van der Waals surface area contributed by atoms with E-state index in [2.05, 4.69) is 41.4 Å². The van der Waals surface area contributed by atoms with Crippen molar-refractivity contribution in [2.45, 2.75) is 124 Å². The standard InChI is InChI=1S/C51H70N8O11/c1-7-49(8-2,34-68-36-50(9-3,32-64-6)35-67-30-40-28-58(56-54-40)20-21-65-23-22-63-5)33-66-29-39-27-57(55-53-39)19-15-11-12-18-45(60)70-51(10-4)42-25-44-46-38(24-37-16-13-14-17-43(37)52-46)26-59(44)47(61)41(42)31-69-48(51)62/h13-14,16-17,24-25,27-28H,7-12,15,18-23,26,29-36H2,1-6H3/t50?,51-/m0/s1. The van der Waals surface area contributed by atoms with Crippen molar-refractivity contribution in [1.29, 1.82) is 0 Å². The molecule has 0 saturated carbocycles. The molecule has 7 rings (SSSR count). The highest BCUT2D eigenvalue weighted by Gasteiger charge is 2.50. The van der Waals surface area contributed by atoms with Crippen molar-refractivity contribution in [2.24, 2.45) is 10.8 Å².